The Balaban J connectivity index is 1.76. The molecule has 2 rings (SSSR count). The average molecular weight is 235 g/mol. The number of hydrogen-bond acceptors (Lipinski definition) is 1. The van der Waals surface area contributed by atoms with Gasteiger partial charge in [0.2, 0.25) is 0 Å². The van der Waals surface area contributed by atoms with Crippen LogP contribution < -0.4 is 5.32 Å². The summed E-state index contributed by atoms with van der Waals surface area (Å²) >= 11 is 0. The van der Waals surface area contributed by atoms with Crippen LogP contribution in [-0.4, -0.2) is 12.6 Å². The first-order chi connectivity index (χ1) is 8.16. The van der Waals surface area contributed by atoms with E-state index in [1.54, 1.807) is 6.07 Å². The fraction of sp³-hybridized carbons (Fsp3) is 0.600. The van der Waals surface area contributed by atoms with Gasteiger partial charge in [-0.1, -0.05) is 25.1 Å². The second-order valence-corrected chi connectivity index (χ2v) is 5.42. The molecule has 0 aliphatic heterocycles. The number of nitrogens with one attached hydrogen (secondary N) is 1. The Morgan fingerprint density at radius 1 is 1.29 bits per heavy atom. The molecule has 0 heterocycles. The molecular weight excluding hydrogens is 213 g/mol. The molecule has 0 radical (unpaired) electrons. The first kappa shape index (κ1) is 12.6. The predicted molar refractivity (Wildman–Crippen MR) is 69.5 cm³/mol. The highest BCUT2D eigenvalue weighted by atomic mass is 19.1. The summed E-state index contributed by atoms with van der Waals surface area (Å²) in [5.41, 5.74) is 0.812. The van der Waals surface area contributed by atoms with E-state index in [1.165, 1.54) is 18.9 Å². The third-order valence-electron chi connectivity index (χ3n) is 3.70. The number of halogens is 1. The maximum Gasteiger partial charge on any atom is 0.126 e. The summed E-state index contributed by atoms with van der Waals surface area (Å²) in [4.78, 5) is 0. The van der Waals surface area contributed by atoms with Crippen molar-refractivity contribution in [3.63, 3.8) is 0 Å². The summed E-state index contributed by atoms with van der Waals surface area (Å²) in [6.45, 7) is 5.49. The van der Waals surface area contributed by atoms with E-state index in [-0.39, 0.29) is 5.82 Å². The molecule has 1 fully saturated rings. The second-order valence-electron chi connectivity index (χ2n) is 5.42. The molecule has 0 spiro atoms. The Morgan fingerprint density at radius 2 is 2.00 bits per heavy atom. The van der Waals surface area contributed by atoms with Crippen LogP contribution in [0.1, 0.15) is 32.3 Å². The van der Waals surface area contributed by atoms with Gasteiger partial charge < -0.3 is 5.32 Å². The molecule has 0 aromatic heterocycles. The van der Waals surface area contributed by atoms with Crippen LogP contribution in [0.15, 0.2) is 24.3 Å². The maximum atomic E-state index is 13.5. The summed E-state index contributed by atoms with van der Waals surface area (Å²) in [5, 5.41) is 3.51. The SMILES string of the molecule is CC(Cc1ccccc1F)NCC(C)C1CC1. The third-order valence-corrected chi connectivity index (χ3v) is 3.70. The topological polar surface area (TPSA) is 12.0 Å². The van der Waals surface area contributed by atoms with Gasteiger partial charge in [0.05, 0.1) is 0 Å². The van der Waals surface area contributed by atoms with E-state index in [0.717, 1.165) is 30.4 Å². The molecule has 1 aliphatic carbocycles. The molecule has 1 nitrogen and oxygen atoms in total. The van der Waals surface area contributed by atoms with Crippen LogP contribution in [-0.2, 0) is 6.42 Å². The lowest BCUT2D eigenvalue weighted by Gasteiger charge is -2.17. The van der Waals surface area contributed by atoms with Crippen LogP contribution in [0.25, 0.3) is 0 Å². The molecule has 1 aromatic carbocycles. The zero-order valence-corrected chi connectivity index (χ0v) is 10.7. The van der Waals surface area contributed by atoms with Crippen LogP contribution in [0.2, 0.25) is 0 Å². The molecule has 1 aromatic rings. The van der Waals surface area contributed by atoms with E-state index < -0.39 is 0 Å². The average Bonchev–Trinajstić information content (AvgIpc) is 3.13. The van der Waals surface area contributed by atoms with Crippen LogP contribution in [0, 0.1) is 17.7 Å². The lowest BCUT2D eigenvalue weighted by atomic mass is 10.0. The van der Waals surface area contributed by atoms with E-state index in [9.17, 15) is 4.39 Å². The molecule has 94 valence electrons. The van der Waals surface area contributed by atoms with Crippen LogP contribution >= 0.6 is 0 Å². The fourth-order valence-electron chi connectivity index (χ4n) is 2.28. The van der Waals surface area contributed by atoms with Crippen molar-refractivity contribution in [1.82, 2.24) is 5.32 Å². The third kappa shape index (κ3) is 3.81. The minimum absolute atomic E-state index is 0.0867. The van der Waals surface area contributed by atoms with Gasteiger partial charge in [-0.15, -0.1) is 0 Å². The van der Waals surface area contributed by atoms with Gasteiger partial charge >= 0.3 is 0 Å². The molecular formula is C15H22FN. The van der Waals surface area contributed by atoms with Gasteiger partial charge in [-0.3, -0.25) is 0 Å². The predicted octanol–water partition coefficient (Wildman–Crippen LogP) is 3.39. The van der Waals surface area contributed by atoms with Crippen LogP contribution in [0.5, 0.6) is 0 Å². The highest BCUT2D eigenvalue weighted by Crippen LogP contribution is 2.36. The van der Waals surface area contributed by atoms with Gasteiger partial charge in [-0.25, -0.2) is 4.39 Å². The zero-order chi connectivity index (χ0) is 12.3. The lowest BCUT2D eigenvalue weighted by Crippen LogP contribution is -2.32. The number of hydrogen-bond donors (Lipinski definition) is 1. The fourth-order valence-corrected chi connectivity index (χ4v) is 2.28. The van der Waals surface area contributed by atoms with Gasteiger partial charge in [-0.05, 0) is 56.2 Å². The minimum Gasteiger partial charge on any atom is -0.314 e. The summed E-state index contributed by atoms with van der Waals surface area (Å²) in [6.07, 6.45) is 3.55. The molecule has 1 aliphatic rings. The molecule has 17 heavy (non-hydrogen) atoms. The smallest absolute Gasteiger partial charge is 0.126 e. The van der Waals surface area contributed by atoms with Crippen molar-refractivity contribution >= 4 is 0 Å². The summed E-state index contributed by atoms with van der Waals surface area (Å²) < 4.78 is 13.5. The number of rotatable bonds is 6. The van der Waals surface area contributed by atoms with Gasteiger partial charge in [0.15, 0.2) is 0 Å². The minimum atomic E-state index is -0.0867. The molecule has 0 saturated heterocycles. The standard InChI is InChI=1S/C15H22FN/c1-11(13-7-8-13)10-17-12(2)9-14-5-3-4-6-15(14)16/h3-6,11-13,17H,7-10H2,1-2H3. The largest absolute Gasteiger partial charge is 0.314 e. The van der Waals surface area contributed by atoms with Crippen LogP contribution in [0.4, 0.5) is 4.39 Å². The summed E-state index contributed by atoms with van der Waals surface area (Å²) in [5.74, 6) is 1.61. The van der Waals surface area contributed by atoms with Crippen LogP contribution in [0.3, 0.4) is 0 Å². The molecule has 1 N–H and O–H groups in total. The van der Waals surface area contributed by atoms with Crippen molar-refractivity contribution in [2.24, 2.45) is 11.8 Å². The van der Waals surface area contributed by atoms with Crippen molar-refractivity contribution in [2.75, 3.05) is 6.54 Å². The van der Waals surface area contributed by atoms with Crippen molar-refractivity contribution in [3.8, 4) is 0 Å². The number of benzene rings is 1. The second kappa shape index (κ2) is 5.63. The molecule has 0 bridgehead atoms. The monoisotopic (exact) mass is 235 g/mol. The Hall–Kier alpha value is -0.890. The molecule has 2 heteroatoms. The zero-order valence-electron chi connectivity index (χ0n) is 10.7. The molecule has 2 unspecified atom stereocenters. The first-order valence-corrected chi connectivity index (χ1v) is 6.63. The van der Waals surface area contributed by atoms with E-state index in [1.807, 2.05) is 12.1 Å². The van der Waals surface area contributed by atoms with Gasteiger partial charge in [0.25, 0.3) is 0 Å². The summed E-state index contributed by atoms with van der Waals surface area (Å²) in [7, 11) is 0. The molecule has 2 atom stereocenters. The van der Waals surface area contributed by atoms with E-state index in [0.29, 0.717) is 6.04 Å². The Morgan fingerprint density at radius 3 is 2.65 bits per heavy atom. The normalized spacial score (nSPS) is 19.0. The quantitative estimate of drug-likeness (QED) is 0.797. The van der Waals surface area contributed by atoms with Crippen molar-refractivity contribution in [1.29, 1.82) is 0 Å². The Kier molecular flexibility index (Phi) is 4.16. The van der Waals surface area contributed by atoms with Crippen molar-refractivity contribution in [2.45, 2.75) is 39.2 Å². The first-order valence-electron chi connectivity index (χ1n) is 6.63. The Bertz CT molecular complexity index is 360. The van der Waals surface area contributed by atoms with E-state index >= 15 is 0 Å². The van der Waals surface area contributed by atoms with Crippen molar-refractivity contribution < 1.29 is 4.39 Å². The highest BCUT2D eigenvalue weighted by molar-refractivity contribution is 5.18. The lowest BCUT2D eigenvalue weighted by molar-refractivity contribution is 0.422. The molecule has 0 amide bonds. The Labute approximate surface area is 103 Å². The van der Waals surface area contributed by atoms with Crippen molar-refractivity contribution in [3.05, 3.63) is 35.6 Å². The van der Waals surface area contributed by atoms with E-state index in [4.69, 9.17) is 0 Å². The van der Waals surface area contributed by atoms with Gasteiger partial charge in [-0.2, -0.15) is 0 Å². The maximum absolute atomic E-state index is 13.5. The summed E-state index contributed by atoms with van der Waals surface area (Å²) in [6, 6.07) is 7.39. The van der Waals surface area contributed by atoms with Gasteiger partial charge in [0.1, 0.15) is 5.82 Å². The highest BCUT2D eigenvalue weighted by Gasteiger charge is 2.27. The van der Waals surface area contributed by atoms with E-state index in [2.05, 4.69) is 19.2 Å². The van der Waals surface area contributed by atoms with Gasteiger partial charge in [0, 0.05) is 6.04 Å². The molecule has 1 saturated carbocycles.